The van der Waals surface area contributed by atoms with E-state index in [0.717, 1.165) is 6.07 Å². The van der Waals surface area contributed by atoms with Gasteiger partial charge in [0.2, 0.25) is 5.88 Å². The lowest BCUT2D eigenvalue weighted by atomic mass is 9.83. The first kappa shape index (κ1) is 26.8. The minimum atomic E-state index is -1.17. The second-order valence-electron chi connectivity index (χ2n) is 8.78. The average Bonchev–Trinajstić information content (AvgIpc) is 2.75. The molecule has 35 heavy (non-hydrogen) atoms. The molecule has 190 valence electrons. The van der Waals surface area contributed by atoms with Gasteiger partial charge in [0, 0.05) is 36.3 Å². The lowest BCUT2D eigenvalue weighted by Crippen LogP contribution is -2.43. The number of carbonyl (C=O) groups is 1. The first-order valence-corrected chi connectivity index (χ1v) is 11.6. The first-order valence-electron chi connectivity index (χ1n) is 10.8. The summed E-state index contributed by atoms with van der Waals surface area (Å²) in [4.78, 5) is 25.2. The van der Waals surface area contributed by atoms with E-state index in [1.165, 1.54) is 30.2 Å². The van der Waals surface area contributed by atoms with E-state index in [4.69, 9.17) is 19.9 Å². The summed E-state index contributed by atoms with van der Waals surface area (Å²) in [7, 11) is 3.11. The van der Waals surface area contributed by atoms with Gasteiger partial charge in [-0.3, -0.25) is 9.79 Å². The van der Waals surface area contributed by atoms with Gasteiger partial charge in [0.25, 0.3) is 5.91 Å². The van der Waals surface area contributed by atoms with Crippen molar-refractivity contribution in [2.75, 3.05) is 32.8 Å². The summed E-state index contributed by atoms with van der Waals surface area (Å²) in [6.07, 6.45) is 2.61. The molecule has 9 nitrogen and oxygen atoms in total. The molecule has 1 aliphatic rings. The molecule has 0 saturated carbocycles. The van der Waals surface area contributed by atoms with Crippen molar-refractivity contribution in [1.29, 1.82) is 0 Å². The van der Waals surface area contributed by atoms with Gasteiger partial charge in [0.05, 0.1) is 31.1 Å². The molecule has 0 spiro atoms. The number of rotatable bonds is 9. The Labute approximate surface area is 206 Å². The largest absolute Gasteiger partial charge is 0.471 e. The van der Waals surface area contributed by atoms with E-state index in [1.807, 2.05) is 6.92 Å². The van der Waals surface area contributed by atoms with Gasteiger partial charge in [-0.05, 0) is 33.3 Å². The molecule has 2 aromatic rings. The summed E-state index contributed by atoms with van der Waals surface area (Å²) in [5.41, 5.74) is 4.85. The van der Waals surface area contributed by atoms with E-state index in [2.05, 4.69) is 20.3 Å². The van der Waals surface area contributed by atoms with Gasteiger partial charge in [0.1, 0.15) is 11.8 Å². The highest BCUT2D eigenvalue weighted by Crippen LogP contribution is 2.46. The summed E-state index contributed by atoms with van der Waals surface area (Å²) < 4.78 is 44.9. The number of hydrogen-bond acceptors (Lipinski definition) is 9. The number of nitrogens with zero attached hydrogens (tertiary/aromatic N) is 3. The summed E-state index contributed by atoms with van der Waals surface area (Å²) >= 11 is 1.32. The quantitative estimate of drug-likeness (QED) is 0.527. The van der Waals surface area contributed by atoms with Crippen LogP contribution < -0.4 is 15.8 Å². The van der Waals surface area contributed by atoms with E-state index in [1.54, 1.807) is 28.1 Å². The van der Waals surface area contributed by atoms with Gasteiger partial charge < -0.3 is 25.3 Å². The number of amides is 1. The Morgan fingerprint density at radius 1 is 1.23 bits per heavy atom. The lowest BCUT2D eigenvalue weighted by Gasteiger charge is -2.41. The van der Waals surface area contributed by atoms with Gasteiger partial charge in [0.15, 0.2) is 16.8 Å². The third kappa shape index (κ3) is 6.44. The van der Waals surface area contributed by atoms with Crippen molar-refractivity contribution in [3.8, 4) is 5.88 Å². The van der Waals surface area contributed by atoms with Gasteiger partial charge >= 0.3 is 0 Å². The molecule has 1 aliphatic heterocycles. The number of amidine groups is 1. The predicted octanol–water partition coefficient (Wildman–Crippen LogP) is 3.49. The number of halogens is 2. The van der Waals surface area contributed by atoms with Crippen LogP contribution in [0.1, 0.15) is 43.2 Å². The van der Waals surface area contributed by atoms with Crippen LogP contribution in [0.5, 0.6) is 5.88 Å². The third-order valence-electron chi connectivity index (χ3n) is 5.33. The summed E-state index contributed by atoms with van der Waals surface area (Å²) in [5.74, 6) is -2.61. The molecule has 0 saturated heterocycles. The Morgan fingerprint density at radius 2 is 1.97 bits per heavy atom. The molecule has 0 aliphatic carbocycles. The molecule has 12 heteroatoms. The van der Waals surface area contributed by atoms with Gasteiger partial charge in [-0.1, -0.05) is 11.8 Å². The maximum absolute atomic E-state index is 15.0. The lowest BCUT2D eigenvalue weighted by molar-refractivity contribution is 0.0885. The zero-order valence-electron chi connectivity index (χ0n) is 20.2. The van der Waals surface area contributed by atoms with E-state index in [9.17, 15) is 13.6 Å². The van der Waals surface area contributed by atoms with Crippen LogP contribution in [0.25, 0.3) is 0 Å². The normalized spacial score (nSPS) is 22.9. The molecule has 0 fully saturated rings. The fraction of sp³-hybridized carbons (Fsp3) is 0.478. The first-order chi connectivity index (χ1) is 16.5. The minimum absolute atomic E-state index is 0.0275. The number of ether oxygens (including phenoxy) is 3. The number of hydrogen-bond donors (Lipinski definition) is 2. The molecule has 1 aromatic heterocycles. The maximum atomic E-state index is 15.0. The summed E-state index contributed by atoms with van der Waals surface area (Å²) in [6, 6.07) is 2.25. The van der Waals surface area contributed by atoms with Crippen molar-refractivity contribution in [3.05, 3.63) is 47.4 Å². The van der Waals surface area contributed by atoms with Crippen LogP contribution >= 0.6 is 11.8 Å². The number of anilines is 1. The van der Waals surface area contributed by atoms with E-state index < -0.39 is 27.8 Å². The van der Waals surface area contributed by atoms with E-state index >= 15 is 0 Å². The van der Waals surface area contributed by atoms with Crippen molar-refractivity contribution >= 4 is 28.5 Å². The fourth-order valence-corrected chi connectivity index (χ4v) is 5.36. The minimum Gasteiger partial charge on any atom is -0.471 e. The van der Waals surface area contributed by atoms with E-state index in [-0.39, 0.29) is 34.1 Å². The highest BCUT2D eigenvalue weighted by Gasteiger charge is 2.44. The average molecular weight is 510 g/mol. The molecule has 3 atom stereocenters. The van der Waals surface area contributed by atoms with Crippen LogP contribution in [-0.2, 0) is 15.0 Å². The van der Waals surface area contributed by atoms with Crippen molar-refractivity contribution in [2.24, 2.45) is 10.7 Å². The molecule has 3 rings (SSSR count). The molecule has 2 heterocycles. The fourth-order valence-electron chi connectivity index (χ4n) is 4.08. The van der Waals surface area contributed by atoms with Gasteiger partial charge in [-0.25, -0.2) is 18.7 Å². The number of nitrogens with two attached hydrogens (primary N) is 1. The van der Waals surface area contributed by atoms with Crippen LogP contribution in [0, 0.1) is 11.6 Å². The van der Waals surface area contributed by atoms with Crippen LogP contribution in [0.4, 0.5) is 14.5 Å². The van der Waals surface area contributed by atoms with Crippen LogP contribution in [0.3, 0.4) is 0 Å². The molecule has 3 N–H and O–H groups in total. The standard InChI is InChI=1S/C23H29F2N5O4S/c1-13(10-32-4)34-18-9-27-17(8-28-18)20(31)29-14-6-15(19(25)16(24)7-14)23(3)11-22(2,12-33-5)35-21(26)30-23/h6-9,13H,10-12H2,1-5H3,(H2,26,30)(H,29,31)/t13-,22+,23-/m0/s1. The molecular weight excluding hydrogens is 480 g/mol. The van der Waals surface area contributed by atoms with Crippen LogP contribution in [-0.4, -0.2) is 59.3 Å². The van der Waals surface area contributed by atoms with Crippen LogP contribution in [0.2, 0.25) is 0 Å². The highest BCUT2D eigenvalue weighted by molar-refractivity contribution is 8.15. The SMILES string of the molecule is COC[C@H](C)Oc1cnc(C(=O)Nc2cc(F)c(F)c([C@]3(C)C[C@](C)(COC)SC(N)=N3)c2)cn1. The summed E-state index contributed by atoms with van der Waals surface area (Å²) in [5, 5.41) is 2.78. The predicted molar refractivity (Wildman–Crippen MR) is 130 cm³/mol. The topological polar surface area (TPSA) is 121 Å². The second-order valence-corrected chi connectivity index (χ2v) is 10.4. The number of aliphatic imine (C=N–C) groups is 1. The Kier molecular flexibility index (Phi) is 8.29. The summed E-state index contributed by atoms with van der Waals surface area (Å²) in [6.45, 7) is 6.09. The Balaban J connectivity index is 1.84. The van der Waals surface area contributed by atoms with Crippen molar-refractivity contribution in [3.63, 3.8) is 0 Å². The number of thioether (sulfide) groups is 1. The number of aromatic nitrogens is 2. The van der Waals surface area contributed by atoms with Gasteiger partial charge in [-0.2, -0.15) is 0 Å². The zero-order chi connectivity index (χ0) is 25.8. The van der Waals surface area contributed by atoms with Crippen LogP contribution in [0.15, 0.2) is 29.5 Å². The number of benzene rings is 1. The maximum Gasteiger partial charge on any atom is 0.275 e. The third-order valence-corrected chi connectivity index (χ3v) is 6.38. The Bertz CT molecular complexity index is 1100. The van der Waals surface area contributed by atoms with Crippen molar-refractivity contribution in [1.82, 2.24) is 9.97 Å². The van der Waals surface area contributed by atoms with Crippen molar-refractivity contribution in [2.45, 2.75) is 43.6 Å². The Hall–Kier alpha value is -2.83. The van der Waals surface area contributed by atoms with Crippen molar-refractivity contribution < 1.29 is 27.8 Å². The number of nitrogens with one attached hydrogen (secondary N) is 1. The van der Waals surface area contributed by atoms with Gasteiger partial charge in [-0.15, -0.1) is 0 Å². The molecule has 0 bridgehead atoms. The monoisotopic (exact) mass is 509 g/mol. The zero-order valence-corrected chi connectivity index (χ0v) is 21.0. The molecule has 1 amide bonds. The highest BCUT2D eigenvalue weighted by atomic mass is 32.2. The molecule has 0 radical (unpaired) electrons. The number of methoxy groups -OCH3 is 2. The molecular formula is C23H29F2N5O4S. The second kappa shape index (κ2) is 10.8. The smallest absolute Gasteiger partial charge is 0.275 e. The molecule has 1 aromatic carbocycles. The Morgan fingerprint density at radius 3 is 2.60 bits per heavy atom. The number of carbonyl (C=O) groups excluding carboxylic acids is 1. The molecule has 0 unspecified atom stereocenters. The van der Waals surface area contributed by atoms with E-state index in [0.29, 0.717) is 19.6 Å².